The molecule has 0 saturated carbocycles. The van der Waals surface area contributed by atoms with Gasteiger partial charge in [0, 0.05) is 5.56 Å². The molecule has 2 heterocycles. The summed E-state index contributed by atoms with van der Waals surface area (Å²) in [5.74, 6) is 0.520. The van der Waals surface area contributed by atoms with Crippen molar-refractivity contribution in [3.05, 3.63) is 69.3 Å². The lowest BCUT2D eigenvalue weighted by atomic mass is 10.0. The molecule has 130 valence electrons. The molecular formula is C20H14ClNO3S. The highest BCUT2D eigenvalue weighted by atomic mass is 35.5. The van der Waals surface area contributed by atoms with Crippen molar-refractivity contribution < 1.29 is 9.84 Å². The number of halogens is 1. The molecule has 0 aliphatic heterocycles. The molecule has 0 radical (unpaired) electrons. The summed E-state index contributed by atoms with van der Waals surface area (Å²) in [5.41, 5.74) is 1.99. The Morgan fingerprint density at radius 1 is 1.04 bits per heavy atom. The van der Waals surface area contributed by atoms with Crippen molar-refractivity contribution in [2.45, 2.75) is 0 Å². The summed E-state index contributed by atoms with van der Waals surface area (Å²) in [6.07, 6.45) is 0. The number of hydrogen-bond donors (Lipinski definition) is 2. The molecule has 4 rings (SSSR count). The number of ether oxygens (including phenoxy) is 1. The van der Waals surface area contributed by atoms with E-state index in [0.717, 1.165) is 5.56 Å². The molecule has 2 N–H and O–H groups in total. The lowest BCUT2D eigenvalue weighted by Crippen LogP contribution is -2.08. The van der Waals surface area contributed by atoms with Crippen LogP contribution in [0.2, 0.25) is 4.34 Å². The maximum absolute atomic E-state index is 12.6. The topological polar surface area (TPSA) is 62.3 Å². The van der Waals surface area contributed by atoms with Crippen molar-refractivity contribution in [1.29, 1.82) is 0 Å². The number of fused-ring (bicyclic) bond motifs is 1. The summed E-state index contributed by atoms with van der Waals surface area (Å²) in [6, 6.07) is 16.6. The molecule has 0 aliphatic rings. The van der Waals surface area contributed by atoms with Crippen molar-refractivity contribution in [3.8, 4) is 33.8 Å². The van der Waals surface area contributed by atoms with Crippen molar-refractivity contribution in [2.75, 3.05) is 7.11 Å². The van der Waals surface area contributed by atoms with Gasteiger partial charge in [-0.1, -0.05) is 54.1 Å². The van der Waals surface area contributed by atoms with Gasteiger partial charge < -0.3 is 14.8 Å². The first-order chi connectivity index (χ1) is 12.6. The van der Waals surface area contributed by atoms with Crippen LogP contribution in [0.25, 0.3) is 32.5 Å². The number of aromatic amines is 1. The minimum Gasteiger partial charge on any atom is -0.506 e. The van der Waals surface area contributed by atoms with E-state index in [9.17, 15) is 9.90 Å². The first-order valence-corrected chi connectivity index (χ1v) is 9.06. The molecule has 4 aromatic rings. The highest BCUT2D eigenvalue weighted by Gasteiger charge is 2.22. The smallest absolute Gasteiger partial charge is 0.260 e. The van der Waals surface area contributed by atoms with Gasteiger partial charge in [0.1, 0.15) is 20.7 Å². The number of hydrogen-bond acceptors (Lipinski definition) is 4. The second-order valence-corrected chi connectivity index (χ2v) is 7.35. The summed E-state index contributed by atoms with van der Waals surface area (Å²) in [5, 5.41) is 11.5. The van der Waals surface area contributed by atoms with Crippen LogP contribution in [0.5, 0.6) is 11.5 Å². The van der Waals surface area contributed by atoms with Gasteiger partial charge in [0.15, 0.2) is 0 Å². The minimum atomic E-state index is -0.374. The first-order valence-electron chi connectivity index (χ1n) is 7.87. The molecule has 2 aromatic carbocycles. The van der Waals surface area contributed by atoms with E-state index < -0.39 is 0 Å². The standard InChI is InChI=1S/C20H14ClNO3S/c1-25-13-9-5-8-12(10-13)15-17(23)16-14(11-6-3-2-4-7-11)18(21)26-20(16)22-19(15)24/h2-10H,1H3,(H2,22,23,24). The number of thiophene rings is 1. The lowest BCUT2D eigenvalue weighted by Gasteiger charge is -2.09. The molecule has 26 heavy (non-hydrogen) atoms. The van der Waals surface area contributed by atoms with E-state index in [1.54, 1.807) is 31.4 Å². The van der Waals surface area contributed by atoms with Crippen molar-refractivity contribution in [2.24, 2.45) is 0 Å². The fourth-order valence-electron chi connectivity index (χ4n) is 3.02. The van der Waals surface area contributed by atoms with E-state index in [2.05, 4.69) is 4.98 Å². The monoisotopic (exact) mass is 383 g/mol. The highest BCUT2D eigenvalue weighted by Crippen LogP contribution is 2.46. The third-order valence-electron chi connectivity index (χ3n) is 4.21. The molecule has 0 spiro atoms. The normalized spacial score (nSPS) is 11.0. The Hall–Kier alpha value is -2.76. The van der Waals surface area contributed by atoms with Crippen LogP contribution < -0.4 is 10.3 Å². The average Bonchev–Trinajstić information content (AvgIpc) is 2.98. The van der Waals surface area contributed by atoms with E-state index in [4.69, 9.17) is 16.3 Å². The van der Waals surface area contributed by atoms with Gasteiger partial charge in [0.25, 0.3) is 5.56 Å². The van der Waals surface area contributed by atoms with Gasteiger partial charge in [-0.05, 0) is 23.3 Å². The molecule has 2 aromatic heterocycles. The van der Waals surface area contributed by atoms with Crippen LogP contribution >= 0.6 is 22.9 Å². The van der Waals surface area contributed by atoms with E-state index >= 15 is 0 Å². The second-order valence-electron chi connectivity index (χ2n) is 5.73. The Kier molecular flexibility index (Phi) is 4.18. The molecule has 0 aliphatic carbocycles. The van der Waals surface area contributed by atoms with Gasteiger partial charge in [-0.25, -0.2) is 0 Å². The maximum Gasteiger partial charge on any atom is 0.260 e. The summed E-state index contributed by atoms with van der Waals surface area (Å²) in [7, 11) is 1.55. The minimum absolute atomic E-state index is 0.0843. The Morgan fingerprint density at radius 2 is 1.77 bits per heavy atom. The zero-order valence-electron chi connectivity index (χ0n) is 13.7. The predicted octanol–water partition coefficient (Wildman–Crippen LogP) is 5.29. The molecule has 0 saturated heterocycles. The molecule has 6 heteroatoms. The van der Waals surface area contributed by atoms with E-state index in [1.807, 2.05) is 30.3 Å². The average molecular weight is 384 g/mol. The number of methoxy groups -OCH3 is 1. The second kappa shape index (κ2) is 6.52. The van der Waals surface area contributed by atoms with E-state index in [1.165, 1.54) is 11.3 Å². The number of rotatable bonds is 3. The van der Waals surface area contributed by atoms with E-state index in [0.29, 0.717) is 31.4 Å². The van der Waals surface area contributed by atoms with Gasteiger partial charge in [0.2, 0.25) is 0 Å². The Balaban J connectivity index is 2.06. The molecule has 0 fully saturated rings. The van der Waals surface area contributed by atoms with Crippen LogP contribution in [0.1, 0.15) is 0 Å². The quantitative estimate of drug-likeness (QED) is 0.505. The third kappa shape index (κ3) is 2.66. The molecule has 0 bridgehead atoms. The first kappa shape index (κ1) is 16.7. The van der Waals surface area contributed by atoms with Gasteiger partial charge >= 0.3 is 0 Å². The zero-order chi connectivity index (χ0) is 18.3. The number of H-pyrrole nitrogens is 1. The Morgan fingerprint density at radius 3 is 2.50 bits per heavy atom. The van der Waals surface area contributed by atoms with E-state index in [-0.39, 0.29) is 16.9 Å². The van der Waals surface area contributed by atoms with Crippen molar-refractivity contribution in [1.82, 2.24) is 4.98 Å². The summed E-state index contributed by atoms with van der Waals surface area (Å²) in [6.45, 7) is 0. The Bertz CT molecular complexity index is 1170. The lowest BCUT2D eigenvalue weighted by molar-refractivity contribution is 0.415. The van der Waals surface area contributed by atoms with Crippen LogP contribution in [0.15, 0.2) is 59.4 Å². The molecule has 0 amide bonds. The number of aromatic nitrogens is 1. The molecular weight excluding hydrogens is 370 g/mol. The molecule has 0 atom stereocenters. The van der Waals surface area contributed by atoms with Gasteiger partial charge in [-0.15, -0.1) is 11.3 Å². The van der Waals surface area contributed by atoms with Gasteiger partial charge in [-0.3, -0.25) is 4.79 Å². The summed E-state index contributed by atoms with van der Waals surface area (Å²) >= 11 is 7.68. The van der Waals surface area contributed by atoms with Crippen LogP contribution in [-0.2, 0) is 0 Å². The van der Waals surface area contributed by atoms with Gasteiger partial charge in [-0.2, -0.15) is 0 Å². The van der Waals surface area contributed by atoms with Gasteiger partial charge in [0.05, 0.1) is 18.1 Å². The SMILES string of the molecule is COc1cccc(-c2c(O)c3c(-c4ccccc4)c(Cl)sc3[nH]c2=O)c1. The number of pyridine rings is 1. The fraction of sp³-hybridized carbons (Fsp3) is 0.0500. The van der Waals surface area contributed by atoms with Crippen molar-refractivity contribution in [3.63, 3.8) is 0 Å². The zero-order valence-corrected chi connectivity index (χ0v) is 15.3. The van der Waals surface area contributed by atoms with Crippen LogP contribution in [0.3, 0.4) is 0 Å². The third-order valence-corrected chi connectivity index (χ3v) is 5.53. The van der Waals surface area contributed by atoms with Crippen LogP contribution in [-0.4, -0.2) is 17.2 Å². The number of benzene rings is 2. The predicted molar refractivity (Wildman–Crippen MR) is 107 cm³/mol. The number of nitrogens with one attached hydrogen (secondary N) is 1. The van der Waals surface area contributed by atoms with Crippen LogP contribution in [0, 0.1) is 0 Å². The number of aromatic hydroxyl groups is 1. The maximum atomic E-state index is 12.6. The largest absolute Gasteiger partial charge is 0.506 e. The van der Waals surface area contributed by atoms with Crippen molar-refractivity contribution >= 4 is 33.2 Å². The fourth-order valence-corrected chi connectivity index (χ4v) is 4.41. The molecule has 4 nitrogen and oxygen atoms in total. The molecule has 0 unspecified atom stereocenters. The summed E-state index contributed by atoms with van der Waals surface area (Å²) in [4.78, 5) is 16.0. The van der Waals surface area contributed by atoms with Crippen LogP contribution in [0.4, 0.5) is 0 Å². The summed E-state index contributed by atoms with van der Waals surface area (Å²) < 4.78 is 5.74. The highest BCUT2D eigenvalue weighted by molar-refractivity contribution is 7.23. The Labute approximate surface area is 158 Å².